The number of benzene rings is 1. The highest BCUT2D eigenvalue weighted by Crippen LogP contribution is 2.24. The summed E-state index contributed by atoms with van der Waals surface area (Å²) in [5.74, 6) is -1.50. The van der Waals surface area contributed by atoms with E-state index in [1.54, 1.807) is 6.07 Å². The van der Waals surface area contributed by atoms with Crippen LogP contribution in [0.3, 0.4) is 0 Å². The average molecular weight is 382 g/mol. The largest absolute Gasteiger partial charge is 0.452 e. The van der Waals surface area contributed by atoms with Crippen LogP contribution in [0, 0.1) is 10.1 Å². The first-order chi connectivity index (χ1) is 12.1. The molecular weight excluding hydrogens is 366 g/mol. The summed E-state index contributed by atoms with van der Waals surface area (Å²) in [6.07, 6.45) is 0. The summed E-state index contributed by atoms with van der Waals surface area (Å²) < 4.78 is 9.83. The summed E-state index contributed by atoms with van der Waals surface area (Å²) in [7, 11) is 0. The molecule has 1 aromatic heterocycles. The first kappa shape index (κ1) is 19.4. The lowest BCUT2D eigenvalue weighted by Crippen LogP contribution is -2.21. The molecule has 1 heterocycles. The summed E-state index contributed by atoms with van der Waals surface area (Å²) in [6, 6.07) is 4.91. The van der Waals surface area contributed by atoms with Crippen molar-refractivity contribution in [2.75, 3.05) is 11.9 Å². The molecule has 0 unspecified atom stereocenters. The molecule has 138 valence electrons. The Morgan fingerprint density at radius 1 is 1.35 bits per heavy atom. The van der Waals surface area contributed by atoms with Gasteiger partial charge in [0, 0.05) is 23.6 Å². The number of carbonyl (C=O) groups excluding carboxylic acids is 2. The van der Waals surface area contributed by atoms with E-state index < -0.39 is 23.4 Å². The van der Waals surface area contributed by atoms with Crippen molar-refractivity contribution < 1.29 is 23.8 Å². The second-order valence-corrected chi connectivity index (χ2v) is 6.78. The molecule has 0 radical (unpaired) electrons. The standard InChI is InChI=1S/C16H16ClN3O6/c1-16(2,3)12-7-14(26-19-12)18-13(21)8-25-15(22)10-6-9(20(23)24)4-5-11(10)17/h4-7H,8H2,1-3H3,(H,18,21). The van der Waals surface area contributed by atoms with E-state index in [4.69, 9.17) is 20.9 Å². The minimum atomic E-state index is -0.957. The van der Waals surface area contributed by atoms with Crippen LogP contribution in [0.5, 0.6) is 0 Å². The Kier molecular flexibility index (Phi) is 5.61. The lowest BCUT2D eigenvalue weighted by molar-refractivity contribution is -0.384. The third kappa shape index (κ3) is 4.79. The van der Waals surface area contributed by atoms with Crippen LogP contribution in [0.15, 0.2) is 28.8 Å². The minimum absolute atomic E-state index is 0.0222. The number of aromatic nitrogens is 1. The maximum Gasteiger partial charge on any atom is 0.340 e. The number of nitro benzene ring substituents is 1. The molecule has 0 saturated carbocycles. The van der Waals surface area contributed by atoms with Crippen molar-refractivity contribution in [3.8, 4) is 0 Å². The number of carbonyl (C=O) groups is 2. The van der Waals surface area contributed by atoms with Crippen molar-refractivity contribution in [3.05, 3.63) is 50.7 Å². The van der Waals surface area contributed by atoms with Gasteiger partial charge in [-0.3, -0.25) is 20.2 Å². The van der Waals surface area contributed by atoms with Gasteiger partial charge < -0.3 is 9.26 Å². The van der Waals surface area contributed by atoms with Gasteiger partial charge in [0.05, 0.1) is 21.2 Å². The van der Waals surface area contributed by atoms with Gasteiger partial charge in [-0.05, 0) is 6.07 Å². The maximum atomic E-state index is 12.0. The van der Waals surface area contributed by atoms with Gasteiger partial charge in [0.1, 0.15) is 0 Å². The van der Waals surface area contributed by atoms with Gasteiger partial charge in [0.15, 0.2) is 6.61 Å². The van der Waals surface area contributed by atoms with Crippen LogP contribution in [-0.4, -0.2) is 28.6 Å². The molecule has 0 bridgehead atoms. The number of nitro groups is 1. The molecule has 0 aliphatic rings. The zero-order valence-electron chi connectivity index (χ0n) is 14.2. The highest BCUT2D eigenvalue weighted by atomic mass is 35.5. The molecule has 2 aromatic rings. The predicted octanol–water partition coefficient (Wildman–Crippen LogP) is 3.33. The van der Waals surface area contributed by atoms with Crippen LogP contribution >= 0.6 is 11.6 Å². The van der Waals surface area contributed by atoms with Crippen LogP contribution < -0.4 is 5.32 Å². The van der Waals surface area contributed by atoms with Gasteiger partial charge in [-0.2, -0.15) is 0 Å². The molecule has 0 aliphatic carbocycles. The molecule has 0 atom stereocenters. The summed E-state index contributed by atoms with van der Waals surface area (Å²) >= 11 is 5.84. The molecule has 1 aromatic carbocycles. The Labute approximate surface area is 153 Å². The van der Waals surface area contributed by atoms with E-state index in [0.717, 1.165) is 12.1 Å². The van der Waals surface area contributed by atoms with Crippen LogP contribution in [0.25, 0.3) is 0 Å². The number of hydrogen-bond acceptors (Lipinski definition) is 7. The van der Waals surface area contributed by atoms with Crippen molar-refractivity contribution in [3.63, 3.8) is 0 Å². The fourth-order valence-electron chi connectivity index (χ4n) is 1.85. The first-order valence-electron chi connectivity index (χ1n) is 7.46. The zero-order valence-corrected chi connectivity index (χ0v) is 15.0. The van der Waals surface area contributed by atoms with Gasteiger partial charge in [-0.15, -0.1) is 0 Å². The van der Waals surface area contributed by atoms with Crippen molar-refractivity contribution in [2.45, 2.75) is 26.2 Å². The van der Waals surface area contributed by atoms with Gasteiger partial charge >= 0.3 is 5.97 Å². The van der Waals surface area contributed by atoms with Crippen molar-refractivity contribution >= 4 is 35.0 Å². The van der Waals surface area contributed by atoms with Gasteiger partial charge in [0.2, 0.25) is 5.88 Å². The molecule has 0 aliphatic heterocycles. The first-order valence-corrected chi connectivity index (χ1v) is 7.84. The Morgan fingerprint density at radius 2 is 2.04 bits per heavy atom. The number of halogens is 1. The SMILES string of the molecule is CC(C)(C)c1cc(NC(=O)COC(=O)c2cc([N+](=O)[O-])ccc2Cl)on1. The number of anilines is 1. The molecule has 0 spiro atoms. The van der Waals surface area contributed by atoms with Crippen molar-refractivity contribution in [1.29, 1.82) is 0 Å². The number of ether oxygens (including phenoxy) is 1. The van der Waals surface area contributed by atoms with Gasteiger partial charge in [0.25, 0.3) is 11.6 Å². The van der Waals surface area contributed by atoms with Crippen LogP contribution in [0.1, 0.15) is 36.8 Å². The number of nitrogens with zero attached hydrogens (tertiary/aromatic N) is 2. The van der Waals surface area contributed by atoms with Crippen LogP contribution in [0.2, 0.25) is 5.02 Å². The average Bonchev–Trinajstić information content (AvgIpc) is 3.01. The fourth-order valence-corrected chi connectivity index (χ4v) is 2.05. The quantitative estimate of drug-likeness (QED) is 0.478. The van der Waals surface area contributed by atoms with Crippen molar-refractivity contribution in [2.24, 2.45) is 0 Å². The maximum absolute atomic E-state index is 12.0. The predicted molar refractivity (Wildman–Crippen MR) is 92.2 cm³/mol. The van der Waals surface area contributed by atoms with Crippen LogP contribution in [-0.2, 0) is 14.9 Å². The Hall–Kier alpha value is -2.94. The van der Waals surface area contributed by atoms with E-state index in [-0.39, 0.29) is 27.6 Å². The summed E-state index contributed by atoms with van der Waals surface area (Å²) in [5, 5.41) is 17.0. The summed E-state index contributed by atoms with van der Waals surface area (Å²) in [5.41, 5.74) is -0.128. The molecule has 10 heteroatoms. The molecule has 26 heavy (non-hydrogen) atoms. The topological polar surface area (TPSA) is 125 Å². The van der Waals surface area contributed by atoms with E-state index >= 15 is 0 Å². The zero-order chi connectivity index (χ0) is 19.5. The number of nitrogens with one attached hydrogen (secondary N) is 1. The van der Waals surface area contributed by atoms with Crippen molar-refractivity contribution in [1.82, 2.24) is 5.16 Å². The number of amides is 1. The van der Waals surface area contributed by atoms with E-state index in [1.807, 2.05) is 20.8 Å². The van der Waals surface area contributed by atoms with Gasteiger partial charge in [-0.25, -0.2) is 4.79 Å². The normalized spacial score (nSPS) is 11.1. The van der Waals surface area contributed by atoms with E-state index in [2.05, 4.69) is 10.5 Å². The third-order valence-corrected chi connectivity index (χ3v) is 3.59. The minimum Gasteiger partial charge on any atom is -0.452 e. The Morgan fingerprint density at radius 3 is 2.62 bits per heavy atom. The highest BCUT2D eigenvalue weighted by molar-refractivity contribution is 6.33. The molecule has 2 rings (SSSR count). The molecule has 0 saturated heterocycles. The van der Waals surface area contributed by atoms with E-state index in [9.17, 15) is 19.7 Å². The number of hydrogen-bond donors (Lipinski definition) is 1. The number of non-ortho nitro benzene ring substituents is 1. The molecule has 1 N–H and O–H groups in total. The lowest BCUT2D eigenvalue weighted by Gasteiger charge is -2.12. The lowest BCUT2D eigenvalue weighted by atomic mass is 9.92. The van der Waals surface area contributed by atoms with E-state index in [1.165, 1.54) is 6.07 Å². The van der Waals surface area contributed by atoms with Gasteiger partial charge in [-0.1, -0.05) is 37.5 Å². The fraction of sp³-hybridized carbons (Fsp3) is 0.312. The number of rotatable bonds is 5. The number of esters is 1. The second-order valence-electron chi connectivity index (χ2n) is 6.37. The molecule has 1 amide bonds. The monoisotopic (exact) mass is 381 g/mol. The molecular formula is C16H16ClN3O6. The summed E-state index contributed by atoms with van der Waals surface area (Å²) in [6.45, 7) is 5.17. The Balaban J connectivity index is 1.97. The smallest absolute Gasteiger partial charge is 0.340 e. The highest BCUT2D eigenvalue weighted by Gasteiger charge is 2.21. The third-order valence-electron chi connectivity index (χ3n) is 3.26. The van der Waals surface area contributed by atoms with E-state index in [0.29, 0.717) is 5.69 Å². The molecule has 9 nitrogen and oxygen atoms in total. The second kappa shape index (κ2) is 7.52. The summed E-state index contributed by atoms with van der Waals surface area (Å²) in [4.78, 5) is 33.9. The van der Waals surface area contributed by atoms with Crippen LogP contribution in [0.4, 0.5) is 11.6 Å². The Bertz CT molecular complexity index is 856. The molecule has 0 fully saturated rings.